The summed E-state index contributed by atoms with van der Waals surface area (Å²) in [5.41, 5.74) is 0.781. The number of hydrogen-bond acceptors (Lipinski definition) is 4. The molecule has 0 atom stereocenters. The van der Waals surface area contributed by atoms with Crippen molar-refractivity contribution in [2.24, 2.45) is 0 Å². The van der Waals surface area contributed by atoms with Gasteiger partial charge in [0.1, 0.15) is 11.5 Å². The second-order valence-corrected chi connectivity index (χ2v) is 3.43. The summed E-state index contributed by atoms with van der Waals surface area (Å²) in [5.74, 6) is 1.15. The van der Waals surface area contributed by atoms with E-state index in [-0.39, 0.29) is 25.5 Å². The minimum atomic E-state index is -0.150. The van der Waals surface area contributed by atoms with Gasteiger partial charge in [-0.1, -0.05) is 6.07 Å². The summed E-state index contributed by atoms with van der Waals surface area (Å²) >= 11 is 0. The molecule has 0 saturated heterocycles. The lowest BCUT2D eigenvalue weighted by Crippen LogP contribution is -2.27. The van der Waals surface area contributed by atoms with Gasteiger partial charge in [-0.15, -0.1) is 0 Å². The van der Waals surface area contributed by atoms with E-state index in [9.17, 15) is 4.79 Å². The first-order chi connectivity index (χ1) is 8.21. The number of aliphatic hydroxyl groups excluding tert-OH is 1. The van der Waals surface area contributed by atoms with Crippen molar-refractivity contribution < 1.29 is 19.4 Å². The Bertz CT molecular complexity index is 379. The fourth-order valence-corrected chi connectivity index (χ4v) is 1.43. The lowest BCUT2D eigenvalue weighted by molar-refractivity contribution is -0.120. The third-order valence-corrected chi connectivity index (χ3v) is 2.28. The zero-order valence-corrected chi connectivity index (χ0v) is 10.0. The van der Waals surface area contributed by atoms with Crippen LogP contribution in [0.1, 0.15) is 5.56 Å². The number of benzene rings is 1. The van der Waals surface area contributed by atoms with Crippen molar-refractivity contribution >= 4 is 5.91 Å². The number of amides is 1. The summed E-state index contributed by atoms with van der Waals surface area (Å²) in [5, 5.41) is 11.2. The van der Waals surface area contributed by atoms with E-state index in [1.54, 1.807) is 32.4 Å². The summed E-state index contributed by atoms with van der Waals surface area (Å²) in [7, 11) is 3.12. The molecule has 0 aliphatic rings. The van der Waals surface area contributed by atoms with E-state index in [1.165, 1.54) is 0 Å². The van der Waals surface area contributed by atoms with E-state index < -0.39 is 0 Å². The molecule has 0 saturated carbocycles. The molecule has 0 aliphatic carbocycles. The molecule has 5 heteroatoms. The summed E-state index contributed by atoms with van der Waals surface area (Å²) in [6, 6.07) is 5.29. The number of carbonyl (C=O) groups excluding carboxylic acids is 1. The van der Waals surface area contributed by atoms with Gasteiger partial charge in [0.25, 0.3) is 0 Å². The molecule has 1 rings (SSSR count). The summed E-state index contributed by atoms with van der Waals surface area (Å²) < 4.78 is 10.3. The average Bonchev–Trinajstić information content (AvgIpc) is 2.36. The fraction of sp³-hybridized carbons (Fsp3) is 0.417. The van der Waals surface area contributed by atoms with Crippen LogP contribution in [0.2, 0.25) is 0 Å². The molecule has 1 aromatic carbocycles. The van der Waals surface area contributed by atoms with Crippen LogP contribution in [-0.2, 0) is 11.2 Å². The maximum atomic E-state index is 11.5. The highest BCUT2D eigenvalue weighted by molar-refractivity contribution is 5.79. The Balaban J connectivity index is 2.73. The first-order valence-electron chi connectivity index (χ1n) is 5.29. The highest BCUT2D eigenvalue weighted by atomic mass is 16.5. The minimum Gasteiger partial charge on any atom is -0.497 e. The first kappa shape index (κ1) is 13.3. The maximum absolute atomic E-state index is 11.5. The highest BCUT2D eigenvalue weighted by Gasteiger charge is 2.09. The molecule has 5 nitrogen and oxygen atoms in total. The number of rotatable bonds is 6. The average molecular weight is 239 g/mol. The van der Waals surface area contributed by atoms with E-state index >= 15 is 0 Å². The van der Waals surface area contributed by atoms with Crippen LogP contribution in [0.3, 0.4) is 0 Å². The second kappa shape index (κ2) is 6.75. The summed E-state index contributed by atoms with van der Waals surface area (Å²) in [4.78, 5) is 11.5. The molecule has 2 N–H and O–H groups in total. The standard InChI is InChI=1S/C12H17NO4/c1-16-10-4-3-9(11(8-10)17-2)7-12(15)13-5-6-14/h3-4,8,14H,5-7H2,1-2H3,(H,13,15). The quantitative estimate of drug-likeness (QED) is 0.752. The van der Waals surface area contributed by atoms with Crippen molar-refractivity contribution in [1.82, 2.24) is 5.32 Å². The molecule has 0 fully saturated rings. The van der Waals surface area contributed by atoms with Gasteiger partial charge in [-0.05, 0) is 6.07 Å². The largest absolute Gasteiger partial charge is 0.497 e. The van der Waals surface area contributed by atoms with Crippen LogP contribution in [0, 0.1) is 0 Å². The van der Waals surface area contributed by atoms with Crippen molar-refractivity contribution in [3.8, 4) is 11.5 Å². The summed E-state index contributed by atoms with van der Waals surface area (Å²) in [6.07, 6.45) is 0.215. The molecule has 0 bridgehead atoms. The predicted molar refractivity (Wildman–Crippen MR) is 63.3 cm³/mol. The maximum Gasteiger partial charge on any atom is 0.224 e. The van der Waals surface area contributed by atoms with Crippen molar-refractivity contribution in [3.05, 3.63) is 23.8 Å². The molecule has 0 heterocycles. The van der Waals surface area contributed by atoms with E-state index in [1.807, 2.05) is 0 Å². The molecule has 0 aliphatic heterocycles. The molecule has 0 radical (unpaired) electrons. The van der Waals surface area contributed by atoms with Crippen LogP contribution >= 0.6 is 0 Å². The molecule has 0 spiro atoms. The van der Waals surface area contributed by atoms with Gasteiger partial charge < -0.3 is 19.9 Å². The van der Waals surface area contributed by atoms with E-state index in [2.05, 4.69) is 5.32 Å². The van der Waals surface area contributed by atoms with E-state index in [0.717, 1.165) is 5.56 Å². The van der Waals surface area contributed by atoms with Crippen LogP contribution in [0.15, 0.2) is 18.2 Å². The van der Waals surface area contributed by atoms with Crippen molar-refractivity contribution in [3.63, 3.8) is 0 Å². The van der Waals surface area contributed by atoms with Crippen molar-refractivity contribution in [2.45, 2.75) is 6.42 Å². The third kappa shape index (κ3) is 3.96. The SMILES string of the molecule is COc1ccc(CC(=O)NCCO)c(OC)c1. The van der Waals surface area contributed by atoms with Gasteiger partial charge in [0.15, 0.2) is 0 Å². The molecule has 0 aromatic heterocycles. The zero-order valence-electron chi connectivity index (χ0n) is 10.0. The molecular weight excluding hydrogens is 222 g/mol. The van der Waals surface area contributed by atoms with Gasteiger partial charge in [-0.2, -0.15) is 0 Å². The van der Waals surface area contributed by atoms with Crippen LogP contribution in [0.25, 0.3) is 0 Å². The molecule has 1 aromatic rings. The highest BCUT2D eigenvalue weighted by Crippen LogP contribution is 2.24. The number of carbonyl (C=O) groups is 1. The second-order valence-electron chi connectivity index (χ2n) is 3.43. The van der Waals surface area contributed by atoms with Crippen LogP contribution in [0.4, 0.5) is 0 Å². The molecular formula is C12H17NO4. The Kier molecular flexibility index (Phi) is 5.29. The topological polar surface area (TPSA) is 67.8 Å². The molecule has 17 heavy (non-hydrogen) atoms. The van der Waals surface area contributed by atoms with Gasteiger partial charge in [0.2, 0.25) is 5.91 Å². The van der Waals surface area contributed by atoms with Crippen molar-refractivity contribution in [2.75, 3.05) is 27.4 Å². The van der Waals surface area contributed by atoms with E-state index in [4.69, 9.17) is 14.6 Å². The zero-order chi connectivity index (χ0) is 12.7. The van der Waals surface area contributed by atoms with Crippen molar-refractivity contribution in [1.29, 1.82) is 0 Å². The smallest absolute Gasteiger partial charge is 0.224 e. The van der Waals surface area contributed by atoms with Crippen LogP contribution < -0.4 is 14.8 Å². The Morgan fingerprint density at radius 3 is 2.71 bits per heavy atom. The number of hydrogen-bond donors (Lipinski definition) is 2. The fourth-order valence-electron chi connectivity index (χ4n) is 1.43. The van der Waals surface area contributed by atoms with E-state index in [0.29, 0.717) is 11.5 Å². The van der Waals surface area contributed by atoms with Crippen LogP contribution in [-0.4, -0.2) is 38.4 Å². The minimum absolute atomic E-state index is 0.0640. The Labute approximate surface area is 100 Å². The Hall–Kier alpha value is -1.75. The predicted octanol–water partition coefficient (Wildman–Crippen LogP) is 0.355. The first-order valence-corrected chi connectivity index (χ1v) is 5.29. The van der Waals surface area contributed by atoms with Gasteiger partial charge in [0, 0.05) is 18.2 Å². The van der Waals surface area contributed by atoms with Gasteiger partial charge >= 0.3 is 0 Å². The van der Waals surface area contributed by atoms with Gasteiger partial charge in [-0.3, -0.25) is 4.79 Å². The number of aliphatic hydroxyl groups is 1. The molecule has 94 valence electrons. The number of ether oxygens (including phenoxy) is 2. The molecule has 1 amide bonds. The number of nitrogens with one attached hydrogen (secondary N) is 1. The normalized spacial score (nSPS) is 9.82. The van der Waals surface area contributed by atoms with Gasteiger partial charge in [0.05, 0.1) is 27.2 Å². The Morgan fingerprint density at radius 1 is 1.35 bits per heavy atom. The molecule has 0 unspecified atom stereocenters. The summed E-state index contributed by atoms with van der Waals surface area (Å²) in [6.45, 7) is 0.197. The lowest BCUT2D eigenvalue weighted by Gasteiger charge is -2.10. The van der Waals surface area contributed by atoms with Crippen LogP contribution in [0.5, 0.6) is 11.5 Å². The Morgan fingerprint density at radius 2 is 2.12 bits per heavy atom. The third-order valence-electron chi connectivity index (χ3n) is 2.28. The monoisotopic (exact) mass is 239 g/mol. The number of methoxy groups -OCH3 is 2. The van der Waals surface area contributed by atoms with Gasteiger partial charge in [-0.25, -0.2) is 0 Å². The lowest BCUT2D eigenvalue weighted by atomic mass is 10.1.